The van der Waals surface area contributed by atoms with Gasteiger partial charge in [-0.15, -0.1) is 0 Å². The highest BCUT2D eigenvalue weighted by Crippen LogP contribution is 2.12. The number of nitrogens with zero attached hydrogens (tertiary/aromatic N) is 1. The maximum absolute atomic E-state index is 13.1. The lowest BCUT2D eigenvalue weighted by Crippen LogP contribution is -2.20. The van der Waals surface area contributed by atoms with Crippen LogP contribution in [0.15, 0.2) is 18.5 Å². The molecule has 0 aliphatic heterocycles. The normalized spacial score (nSPS) is 12.6. The molecule has 1 aromatic rings. The zero-order chi connectivity index (χ0) is 14.6. The Bertz CT molecular complexity index is 355. The topological polar surface area (TPSA) is 24.9 Å². The first-order valence-electron chi connectivity index (χ1n) is 8.08. The second kappa shape index (κ2) is 10.8. The summed E-state index contributed by atoms with van der Waals surface area (Å²) in [6.07, 6.45) is 13.6. The third kappa shape index (κ3) is 7.59. The largest absolute Gasteiger partial charge is 0.310 e. The Morgan fingerprint density at radius 2 is 1.70 bits per heavy atom. The van der Waals surface area contributed by atoms with Crippen LogP contribution in [-0.2, 0) is 0 Å². The van der Waals surface area contributed by atoms with Crippen molar-refractivity contribution in [2.75, 3.05) is 6.54 Å². The van der Waals surface area contributed by atoms with Gasteiger partial charge in [0.1, 0.15) is 5.82 Å². The fourth-order valence-electron chi connectivity index (χ4n) is 2.36. The van der Waals surface area contributed by atoms with Crippen molar-refractivity contribution in [1.29, 1.82) is 0 Å². The van der Waals surface area contributed by atoms with Gasteiger partial charge in [-0.1, -0.05) is 51.9 Å². The molecule has 20 heavy (non-hydrogen) atoms. The van der Waals surface area contributed by atoms with Gasteiger partial charge in [-0.2, -0.15) is 0 Å². The molecular formula is C17H29FN2. The van der Waals surface area contributed by atoms with Crippen LogP contribution in [0, 0.1) is 5.82 Å². The van der Waals surface area contributed by atoms with Crippen molar-refractivity contribution < 1.29 is 4.39 Å². The quantitative estimate of drug-likeness (QED) is 0.576. The molecule has 0 bridgehead atoms. The molecule has 3 heteroatoms. The van der Waals surface area contributed by atoms with E-state index in [0.717, 1.165) is 12.1 Å². The molecule has 1 heterocycles. The lowest BCUT2D eigenvalue weighted by Gasteiger charge is -2.13. The molecule has 0 fully saturated rings. The molecule has 1 unspecified atom stereocenters. The molecule has 114 valence electrons. The molecule has 0 aliphatic carbocycles. The smallest absolute Gasteiger partial charge is 0.141 e. The fraction of sp³-hybridized carbons (Fsp3) is 0.706. The Morgan fingerprint density at radius 3 is 2.35 bits per heavy atom. The minimum Gasteiger partial charge on any atom is -0.310 e. The standard InChI is InChI=1S/C17H29FN2/c1-3-4-5-6-7-8-9-10-11-20-15(2)16-12-17(18)14-19-13-16/h12-15,20H,3-11H2,1-2H3. The molecule has 0 saturated carbocycles. The number of pyridine rings is 1. The van der Waals surface area contributed by atoms with Crippen LogP contribution >= 0.6 is 0 Å². The Kier molecular flexibility index (Phi) is 9.22. The molecule has 0 amide bonds. The zero-order valence-corrected chi connectivity index (χ0v) is 13.0. The van der Waals surface area contributed by atoms with Crippen LogP contribution in [0.5, 0.6) is 0 Å². The van der Waals surface area contributed by atoms with E-state index in [9.17, 15) is 4.39 Å². The van der Waals surface area contributed by atoms with Gasteiger partial charge in [-0.05, 0) is 31.5 Å². The summed E-state index contributed by atoms with van der Waals surface area (Å²) in [7, 11) is 0. The first kappa shape index (κ1) is 17.1. The van der Waals surface area contributed by atoms with Crippen molar-refractivity contribution in [2.45, 2.75) is 71.3 Å². The summed E-state index contributed by atoms with van der Waals surface area (Å²) in [5, 5.41) is 3.43. The van der Waals surface area contributed by atoms with Crippen molar-refractivity contribution in [3.63, 3.8) is 0 Å². The van der Waals surface area contributed by atoms with E-state index in [1.54, 1.807) is 12.3 Å². The summed E-state index contributed by atoms with van der Waals surface area (Å²) in [6.45, 7) is 5.30. The molecular weight excluding hydrogens is 251 g/mol. The van der Waals surface area contributed by atoms with Gasteiger partial charge in [0.2, 0.25) is 0 Å². The molecule has 0 saturated heterocycles. The van der Waals surface area contributed by atoms with Gasteiger partial charge < -0.3 is 5.32 Å². The highest BCUT2D eigenvalue weighted by molar-refractivity contribution is 5.14. The summed E-state index contributed by atoms with van der Waals surface area (Å²) in [4.78, 5) is 3.88. The molecule has 0 aromatic carbocycles. The van der Waals surface area contributed by atoms with E-state index < -0.39 is 0 Å². The highest BCUT2D eigenvalue weighted by atomic mass is 19.1. The summed E-state index contributed by atoms with van der Waals surface area (Å²) in [5.41, 5.74) is 0.921. The monoisotopic (exact) mass is 280 g/mol. The average Bonchev–Trinajstić information content (AvgIpc) is 2.45. The van der Waals surface area contributed by atoms with Crippen LogP contribution in [0.4, 0.5) is 4.39 Å². The van der Waals surface area contributed by atoms with E-state index in [2.05, 4.69) is 24.1 Å². The van der Waals surface area contributed by atoms with Gasteiger partial charge >= 0.3 is 0 Å². The van der Waals surface area contributed by atoms with Gasteiger partial charge in [-0.25, -0.2) is 4.39 Å². The Labute approximate surface area is 123 Å². The van der Waals surface area contributed by atoms with Crippen LogP contribution in [0.25, 0.3) is 0 Å². The number of nitrogens with one attached hydrogen (secondary N) is 1. The van der Waals surface area contributed by atoms with Gasteiger partial charge in [0.25, 0.3) is 0 Å². The number of rotatable bonds is 11. The minimum absolute atomic E-state index is 0.169. The fourth-order valence-corrected chi connectivity index (χ4v) is 2.36. The van der Waals surface area contributed by atoms with Crippen molar-refractivity contribution >= 4 is 0 Å². The third-order valence-corrected chi connectivity index (χ3v) is 3.71. The zero-order valence-electron chi connectivity index (χ0n) is 13.0. The Morgan fingerprint density at radius 1 is 1.05 bits per heavy atom. The van der Waals surface area contributed by atoms with Gasteiger partial charge in [0, 0.05) is 12.2 Å². The molecule has 1 aromatic heterocycles. The SMILES string of the molecule is CCCCCCCCCCNC(C)c1cncc(F)c1. The molecule has 0 spiro atoms. The average molecular weight is 280 g/mol. The second-order valence-corrected chi connectivity index (χ2v) is 5.59. The molecule has 1 rings (SSSR count). The molecule has 1 N–H and O–H groups in total. The van der Waals surface area contributed by atoms with Crippen molar-refractivity contribution in [3.8, 4) is 0 Å². The summed E-state index contributed by atoms with van der Waals surface area (Å²) in [6, 6.07) is 1.72. The molecule has 0 aliphatic rings. The summed E-state index contributed by atoms with van der Waals surface area (Å²) < 4.78 is 13.1. The van der Waals surface area contributed by atoms with Gasteiger partial charge in [0.05, 0.1) is 6.20 Å². The number of aromatic nitrogens is 1. The predicted molar refractivity (Wildman–Crippen MR) is 83.2 cm³/mol. The third-order valence-electron chi connectivity index (χ3n) is 3.71. The maximum Gasteiger partial charge on any atom is 0.141 e. The maximum atomic E-state index is 13.1. The van der Waals surface area contributed by atoms with Gasteiger partial charge in [-0.3, -0.25) is 4.98 Å². The highest BCUT2D eigenvalue weighted by Gasteiger charge is 2.05. The Balaban J connectivity index is 2.01. The first-order valence-corrected chi connectivity index (χ1v) is 8.08. The molecule has 2 nitrogen and oxygen atoms in total. The van der Waals surface area contributed by atoms with E-state index in [1.807, 2.05) is 0 Å². The summed E-state index contributed by atoms with van der Waals surface area (Å²) in [5.74, 6) is -0.261. The van der Waals surface area contributed by atoms with E-state index in [1.165, 1.54) is 57.6 Å². The number of hydrogen-bond donors (Lipinski definition) is 1. The van der Waals surface area contributed by atoms with Crippen molar-refractivity contribution in [3.05, 3.63) is 29.8 Å². The lowest BCUT2D eigenvalue weighted by molar-refractivity contribution is 0.518. The van der Waals surface area contributed by atoms with E-state index in [4.69, 9.17) is 0 Å². The van der Waals surface area contributed by atoms with E-state index >= 15 is 0 Å². The van der Waals surface area contributed by atoms with Crippen LogP contribution in [0.2, 0.25) is 0 Å². The first-order chi connectivity index (χ1) is 9.74. The Hall–Kier alpha value is -0.960. The predicted octanol–water partition coefficient (Wildman–Crippen LogP) is 5.01. The van der Waals surface area contributed by atoms with Crippen LogP contribution in [0.3, 0.4) is 0 Å². The van der Waals surface area contributed by atoms with E-state index in [-0.39, 0.29) is 11.9 Å². The summed E-state index contributed by atoms with van der Waals surface area (Å²) >= 11 is 0. The number of halogens is 1. The second-order valence-electron chi connectivity index (χ2n) is 5.59. The molecule has 1 atom stereocenters. The van der Waals surface area contributed by atoms with Crippen LogP contribution in [-0.4, -0.2) is 11.5 Å². The van der Waals surface area contributed by atoms with Crippen LogP contribution < -0.4 is 5.32 Å². The van der Waals surface area contributed by atoms with Crippen LogP contribution in [0.1, 0.15) is 76.8 Å². The number of unbranched alkanes of at least 4 members (excludes halogenated alkanes) is 7. The number of hydrogen-bond acceptors (Lipinski definition) is 2. The van der Waals surface area contributed by atoms with Crippen molar-refractivity contribution in [1.82, 2.24) is 10.3 Å². The minimum atomic E-state index is -0.261. The van der Waals surface area contributed by atoms with Gasteiger partial charge in [0.15, 0.2) is 0 Å². The van der Waals surface area contributed by atoms with Crippen molar-refractivity contribution in [2.24, 2.45) is 0 Å². The molecule has 0 radical (unpaired) electrons. The van der Waals surface area contributed by atoms with E-state index in [0.29, 0.717) is 0 Å². The lowest BCUT2D eigenvalue weighted by atomic mass is 10.1.